The van der Waals surface area contributed by atoms with Crippen LogP contribution in [0.1, 0.15) is 10.4 Å². The summed E-state index contributed by atoms with van der Waals surface area (Å²) in [7, 11) is 0. The van der Waals surface area contributed by atoms with Gasteiger partial charge in [0.2, 0.25) is 12.3 Å². The summed E-state index contributed by atoms with van der Waals surface area (Å²) in [5, 5.41) is 10.6. The number of nitro groups is 1. The topological polar surface area (TPSA) is 64.1 Å². The molecule has 0 fully saturated rings. The van der Waals surface area contributed by atoms with E-state index in [1.165, 1.54) is 18.2 Å². The van der Waals surface area contributed by atoms with Crippen molar-refractivity contribution < 1.29 is 102 Å². The molecule has 0 N–H and O–H groups in total. The van der Waals surface area contributed by atoms with E-state index in [0.717, 1.165) is 0 Å². The third-order valence-corrected chi connectivity index (χ3v) is 9.19. The predicted molar refractivity (Wildman–Crippen MR) is 173 cm³/mol. The van der Waals surface area contributed by atoms with Gasteiger partial charge < -0.3 is 0 Å². The second-order valence-electron chi connectivity index (χ2n) is 12.6. The number of hydrogen-bond donors (Lipinski definition) is 0. The van der Waals surface area contributed by atoms with Crippen molar-refractivity contribution in [2.75, 3.05) is 0 Å². The zero-order valence-electron chi connectivity index (χ0n) is 29.7. The Hall–Kier alpha value is -7.02. The molecular weight excluding hydrogens is 911 g/mol. The number of aromatic nitrogens is 1. The van der Waals surface area contributed by atoms with Crippen LogP contribution in [-0.4, -0.2) is 16.9 Å². The van der Waals surface area contributed by atoms with Crippen molar-refractivity contribution in [1.29, 1.82) is 0 Å². The van der Waals surface area contributed by atoms with E-state index in [9.17, 15) is 67.6 Å². The van der Waals surface area contributed by atoms with Crippen molar-refractivity contribution in [3.05, 3.63) is 187 Å². The van der Waals surface area contributed by atoms with E-state index in [1.807, 2.05) is 18.2 Å². The Labute approximate surface area is 335 Å². The standard InChI is InChI=1S/C24BF20.C13H11N2O3/c26-5-1(6(27)14(35)21(42)13(5)34)25(2-7(28)15(36)22(43)16(37)8(2)29,3-9(30)17(38)23(44)18(39)10(3)31)4-11(32)19(40)24(45)20(41)12(4)33;16-13(10-14-7-2-1-3-8-14)11-5-4-6-12(9-11)15(17)18/h;1-9H,10H2/q-1;+1. The number of non-ortho nitro benzene ring substituents is 1. The molecule has 0 aliphatic carbocycles. The van der Waals surface area contributed by atoms with Crippen LogP contribution in [0.5, 0.6) is 0 Å². The molecule has 0 aliphatic rings. The van der Waals surface area contributed by atoms with Crippen molar-refractivity contribution >= 4 is 39.5 Å². The van der Waals surface area contributed by atoms with Crippen molar-refractivity contribution in [2.24, 2.45) is 0 Å². The van der Waals surface area contributed by atoms with Crippen LogP contribution in [0.3, 0.4) is 0 Å². The molecular formula is C37H11BF20N2O3. The van der Waals surface area contributed by atoms with E-state index in [-0.39, 0.29) is 18.0 Å². The van der Waals surface area contributed by atoms with E-state index in [4.69, 9.17) is 0 Å². The normalized spacial score (nSPS) is 11.4. The van der Waals surface area contributed by atoms with Crippen LogP contribution in [0.25, 0.3) is 0 Å². The summed E-state index contributed by atoms with van der Waals surface area (Å²) in [6.07, 6.45) is -3.67. The molecule has 0 spiro atoms. The quantitative estimate of drug-likeness (QED) is 0.0231. The van der Waals surface area contributed by atoms with Crippen LogP contribution < -0.4 is 26.4 Å². The van der Waals surface area contributed by atoms with Crippen LogP contribution in [-0.2, 0) is 6.54 Å². The zero-order valence-corrected chi connectivity index (χ0v) is 29.7. The lowest BCUT2D eigenvalue weighted by atomic mass is 9.12. The lowest BCUT2D eigenvalue weighted by Gasteiger charge is -2.44. The Morgan fingerprint density at radius 1 is 0.429 bits per heavy atom. The number of hydrogen-bond acceptors (Lipinski definition) is 3. The Morgan fingerprint density at radius 2 is 0.698 bits per heavy atom. The van der Waals surface area contributed by atoms with Gasteiger partial charge >= 0.3 is 0 Å². The highest BCUT2D eigenvalue weighted by atomic mass is 19.2. The number of ketones is 1. The predicted octanol–water partition coefficient (Wildman–Crippen LogP) is 7.61. The van der Waals surface area contributed by atoms with Gasteiger partial charge in [0.25, 0.3) is 5.69 Å². The fraction of sp³-hybridized carbons (Fsp3) is 0.0270. The molecule has 0 atom stereocenters. The van der Waals surface area contributed by atoms with Gasteiger partial charge in [-0.3, -0.25) is 14.9 Å². The average molecular weight is 922 g/mol. The molecule has 6 aromatic rings. The summed E-state index contributed by atoms with van der Waals surface area (Å²) in [6.45, 7) is 0.169. The van der Waals surface area contributed by atoms with Crippen LogP contribution >= 0.6 is 0 Å². The highest BCUT2D eigenvalue weighted by Gasteiger charge is 2.52. The lowest BCUT2D eigenvalue weighted by molar-refractivity contribution is -0.683. The molecule has 0 unspecified atom stereocenters. The Bertz CT molecular complexity index is 2500. The molecule has 5 nitrogen and oxygen atoms in total. The maximum absolute atomic E-state index is 15.4. The van der Waals surface area contributed by atoms with Gasteiger partial charge in [-0.15, -0.1) is 21.9 Å². The van der Waals surface area contributed by atoms with E-state index >= 15 is 35.1 Å². The summed E-state index contributed by atoms with van der Waals surface area (Å²) in [5.41, 5.74) is -14.1. The second kappa shape index (κ2) is 17.4. The molecule has 1 aromatic heterocycles. The molecule has 63 heavy (non-hydrogen) atoms. The molecule has 0 aliphatic heterocycles. The molecule has 0 saturated heterocycles. The zero-order chi connectivity index (χ0) is 47.3. The van der Waals surface area contributed by atoms with Crippen LogP contribution in [0, 0.1) is 126 Å². The smallest absolute Gasteiger partial charge is 0.270 e. The van der Waals surface area contributed by atoms with Gasteiger partial charge in [-0.1, -0.05) is 18.2 Å². The first-order chi connectivity index (χ1) is 29.4. The van der Waals surface area contributed by atoms with Gasteiger partial charge in [-0.25, -0.2) is 87.8 Å². The molecule has 330 valence electrons. The lowest BCUT2D eigenvalue weighted by Crippen LogP contribution is -2.81. The highest BCUT2D eigenvalue weighted by Crippen LogP contribution is 2.31. The number of Topliss-reactive ketones (excluding diaryl/α,β-unsaturated/α-hetero) is 1. The van der Waals surface area contributed by atoms with Gasteiger partial charge in [0.15, 0.2) is 82.2 Å². The SMILES string of the molecule is Fc1c(F)c(F)c([B-](c2c(F)c(F)c(F)c(F)c2F)(c2c(F)c(F)c(F)c(F)c2F)c2c(F)c(F)c(F)c(F)c2F)c(F)c1F.O=C(C[n+]1ccccc1)c1cccc([N+](=O)[O-])c1. The van der Waals surface area contributed by atoms with Crippen molar-refractivity contribution in [3.63, 3.8) is 0 Å². The molecule has 1 heterocycles. The minimum atomic E-state index is -7.22. The van der Waals surface area contributed by atoms with Crippen molar-refractivity contribution in [1.82, 2.24) is 0 Å². The molecule has 0 amide bonds. The van der Waals surface area contributed by atoms with Crippen LogP contribution in [0.2, 0.25) is 0 Å². The molecule has 0 saturated carbocycles. The fourth-order valence-corrected chi connectivity index (χ4v) is 6.46. The first-order valence-electron chi connectivity index (χ1n) is 16.3. The first kappa shape index (κ1) is 47.0. The summed E-state index contributed by atoms with van der Waals surface area (Å²) in [5.74, 6) is -71.6. The minimum Gasteiger partial charge on any atom is -0.287 e. The number of nitrogens with zero attached hydrogens (tertiary/aromatic N) is 2. The second-order valence-corrected chi connectivity index (χ2v) is 12.6. The largest absolute Gasteiger partial charge is 0.287 e. The number of pyridine rings is 1. The molecule has 5 aromatic carbocycles. The van der Waals surface area contributed by atoms with Gasteiger partial charge in [-0.05, 0) is 0 Å². The Morgan fingerprint density at radius 3 is 0.968 bits per heavy atom. The summed E-state index contributed by atoms with van der Waals surface area (Å²) < 4.78 is 296. The van der Waals surface area contributed by atoms with Gasteiger partial charge in [0, 0.05) is 29.8 Å². The highest BCUT2D eigenvalue weighted by molar-refractivity contribution is 7.20. The fourth-order valence-electron chi connectivity index (χ4n) is 6.46. The average Bonchev–Trinajstić information content (AvgIpc) is 3.26. The molecule has 0 radical (unpaired) electrons. The summed E-state index contributed by atoms with van der Waals surface area (Å²) in [4.78, 5) is 22.1. The minimum absolute atomic E-state index is 0.0705. The number of benzene rings is 5. The van der Waals surface area contributed by atoms with Crippen LogP contribution in [0.4, 0.5) is 93.5 Å². The van der Waals surface area contributed by atoms with Gasteiger partial charge in [0.05, 0.1) is 4.92 Å². The van der Waals surface area contributed by atoms with E-state index in [0.29, 0.717) is 5.56 Å². The third-order valence-electron chi connectivity index (χ3n) is 9.19. The number of carbonyl (C=O) groups excluding carboxylic acids is 1. The van der Waals surface area contributed by atoms with Gasteiger partial charge in [-0.2, -0.15) is 4.57 Å². The molecule has 26 heteroatoms. The third kappa shape index (κ3) is 7.55. The van der Waals surface area contributed by atoms with E-state index < -0.39 is 149 Å². The molecule has 0 bridgehead atoms. The van der Waals surface area contributed by atoms with Crippen molar-refractivity contribution in [2.45, 2.75) is 6.54 Å². The maximum Gasteiger partial charge on any atom is 0.270 e. The number of nitro benzene ring substituents is 1. The monoisotopic (exact) mass is 922 g/mol. The Balaban J connectivity index is 0.000000345. The van der Waals surface area contributed by atoms with Gasteiger partial charge in [0.1, 0.15) is 52.7 Å². The van der Waals surface area contributed by atoms with E-state index in [2.05, 4.69) is 0 Å². The summed E-state index contributed by atoms with van der Waals surface area (Å²) in [6, 6.07) is 11.3. The number of rotatable bonds is 8. The first-order valence-corrected chi connectivity index (χ1v) is 16.3. The van der Waals surface area contributed by atoms with E-state index in [1.54, 1.807) is 23.0 Å². The number of carbonyl (C=O) groups is 1. The number of halogens is 20. The maximum atomic E-state index is 15.4. The van der Waals surface area contributed by atoms with Crippen molar-refractivity contribution in [3.8, 4) is 0 Å². The molecule has 6 rings (SSSR count). The summed E-state index contributed by atoms with van der Waals surface area (Å²) >= 11 is 0. The van der Waals surface area contributed by atoms with Crippen LogP contribution in [0.15, 0.2) is 54.9 Å². The Kier molecular flexibility index (Phi) is 13.0.